The normalized spacial score (nSPS) is 21.4. The van der Waals surface area contributed by atoms with Crippen molar-refractivity contribution >= 4 is 63.8 Å². The first kappa shape index (κ1) is 22.1. The van der Waals surface area contributed by atoms with E-state index in [1.807, 2.05) is 0 Å². The van der Waals surface area contributed by atoms with Gasteiger partial charge in [0.15, 0.2) is 5.82 Å². The number of aliphatic hydroxyl groups is 1. The van der Waals surface area contributed by atoms with Crippen LogP contribution in [-0.4, -0.2) is 48.9 Å². The molecule has 0 saturated heterocycles. The van der Waals surface area contributed by atoms with Crippen molar-refractivity contribution in [2.75, 3.05) is 11.6 Å². The molecule has 2 rings (SSSR count). The van der Waals surface area contributed by atoms with Crippen molar-refractivity contribution in [2.45, 2.75) is 22.1 Å². The van der Waals surface area contributed by atoms with Gasteiger partial charge in [0.2, 0.25) is 15.4 Å². The lowest BCUT2D eigenvalue weighted by molar-refractivity contribution is -0.0686. The topological polar surface area (TPSA) is 116 Å². The summed E-state index contributed by atoms with van der Waals surface area (Å²) in [6.45, 7) is -0.625. The SMILES string of the molecule is N/N=C(\N(N)CC1=NN(c2ncccc2Cl)C(O)(C(Cl)(Cl)Cl)C1)C(F)(F)F. The Hall–Kier alpha value is -1.24. The molecule has 150 valence electrons. The molecular weight excluding hydrogens is 457 g/mol. The maximum absolute atomic E-state index is 12.9. The molecule has 0 aromatic carbocycles. The van der Waals surface area contributed by atoms with Crippen LogP contribution in [0, 0.1) is 0 Å². The van der Waals surface area contributed by atoms with Crippen molar-refractivity contribution in [3.05, 3.63) is 23.4 Å². The van der Waals surface area contributed by atoms with Gasteiger partial charge in [0.25, 0.3) is 0 Å². The van der Waals surface area contributed by atoms with Crippen LogP contribution >= 0.6 is 46.4 Å². The number of nitrogens with zero attached hydrogens (tertiary/aromatic N) is 5. The number of nitrogens with two attached hydrogens (primary N) is 2. The molecule has 1 aromatic heterocycles. The van der Waals surface area contributed by atoms with E-state index in [1.165, 1.54) is 18.3 Å². The van der Waals surface area contributed by atoms with E-state index in [0.29, 0.717) is 0 Å². The summed E-state index contributed by atoms with van der Waals surface area (Å²) < 4.78 is 36.2. The molecule has 1 atom stereocenters. The average molecular weight is 469 g/mol. The molecule has 15 heteroatoms. The van der Waals surface area contributed by atoms with Crippen LogP contribution in [0.3, 0.4) is 0 Å². The van der Waals surface area contributed by atoms with Crippen LogP contribution in [-0.2, 0) is 0 Å². The van der Waals surface area contributed by atoms with Gasteiger partial charge in [-0.15, -0.1) is 0 Å². The zero-order chi connectivity index (χ0) is 20.6. The monoisotopic (exact) mass is 467 g/mol. The first-order chi connectivity index (χ1) is 12.3. The zero-order valence-corrected chi connectivity index (χ0v) is 16.2. The van der Waals surface area contributed by atoms with Crippen LogP contribution in [0.1, 0.15) is 6.42 Å². The number of aromatic nitrogens is 1. The van der Waals surface area contributed by atoms with Crippen molar-refractivity contribution in [1.82, 2.24) is 9.99 Å². The summed E-state index contributed by atoms with van der Waals surface area (Å²) in [4.78, 5) is 3.96. The molecule has 0 spiro atoms. The molecule has 0 amide bonds. The molecule has 0 radical (unpaired) electrons. The molecule has 1 aliphatic heterocycles. The van der Waals surface area contributed by atoms with Gasteiger partial charge >= 0.3 is 6.18 Å². The number of amidine groups is 1. The average Bonchev–Trinajstić information content (AvgIpc) is 2.84. The number of pyridine rings is 1. The third-order valence-corrected chi connectivity index (χ3v) is 4.64. The summed E-state index contributed by atoms with van der Waals surface area (Å²) in [6, 6.07) is 2.95. The third kappa shape index (κ3) is 4.44. The lowest BCUT2D eigenvalue weighted by Gasteiger charge is -2.37. The summed E-state index contributed by atoms with van der Waals surface area (Å²) in [6.07, 6.45) is -4.04. The molecule has 0 bridgehead atoms. The first-order valence-corrected chi connectivity index (χ1v) is 8.46. The predicted octanol–water partition coefficient (Wildman–Crippen LogP) is 2.37. The molecule has 8 nitrogen and oxygen atoms in total. The van der Waals surface area contributed by atoms with Crippen LogP contribution in [0.15, 0.2) is 28.5 Å². The quantitative estimate of drug-likeness (QED) is 0.206. The number of anilines is 1. The molecule has 0 aliphatic carbocycles. The van der Waals surface area contributed by atoms with E-state index in [-0.39, 0.29) is 21.6 Å². The molecule has 1 aliphatic rings. The number of hydrazone groups is 2. The van der Waals surface area contributed by atoms with Crippen LogP contribution in [0.25, 0.3) is 0 Å². The first-order valence-electron chi connectivity index (χ1n) is 6.94. The van der Waals surface area contributed by atoms with Crippen molar-refractivity contribution in [3.63, 3.8) is 0 Å². The van der Waals surface area contributed by atoms with Crippen LogP contribution in [0.2, 0.25) is 5.02 Å². The number of alkyl halides is 6. The Morgan fingerprint density at radius 2 is 2.04 bits per heavy atom. The maximum Gasteiger partial charge on any atom is 0.452 e. The molecular formula is C12H12Cl4F3N7O. The van der Waals surface area contributed by atoms with E-state index in [4.69, 9.17) is 58.1 Å². The second kappa shape index (κ2) is 7.64. The van der Waals surface area contributed by atoms with E-state index < -0.39 is 34.5 Å². The van der Waals surface area contributed by atoms with Crippen molar-refractivity contribution in [3.8, 4) is 0 Å². The number of hydrogen-bond donors (Lipinski definition) is 3. The summed E-state index contributed by atoms with van der Waals surface area (Å²) >= 11 is 23.6. The Morgan fingerprint density at radius 3 is 2.52 bits per heavy atom. The van der Waals surface area contributed by atoms with Gasteiger partial charge < -0.3 is 10.9 Å². The van der Waals surface area contributed by atoms with E-state index in [0.717, 1.165) is 5.01 Å². The van der Waals surface area contributed by atoms with Gasteiger partial charge in [-0.05, 0) is 12.1 Å². The number of hydrogen-bond acceptors (Lipinski definition) is 7. The highest BCUT2D eigenvalue weighted by atomic mass is 35.6. The molecule has 5 N–H and O–H groups in total. The van der Waals surface area contributed by atoms with Crippen LogP contribution < -0.4 is 16.7 Å². The third-order valence-electron chi connectivity index (χ3n) is 3.44. The summed E-state index contributed by atoms with van der Waals surface area (Å²) in [5, 5.41) is 18.6. The standard InChI is InChI=1S/C12H12Cl4F3N7O/c13-7-2-1-3-22-8(7)26-10(27,12(14,15)16)4-6(24-26)5-25(21)9(23-20)11(17,18)19/h1-3,27H,4-5,20-21H2/b23-9-. The molecule has 0 fully saturated rings. The second-order valence-electron chi connectivity index (χ2n) is 5.36. The van der Waals surface area contributed by atoms with Gasteiger partial charge in [-0.2, -0.15) is 23.4 Å². The maximum atomic E-state index is 12.9. The molecule has 1 aromatic rings. The Balaban J connectivity index is 2.40. The highest BCUT2D eigenvalue weighted by Gasteiger charge is 2.57. The number of halogens is 7. The lowest BCUT2D eigenvalue weighted by atomic mass is 10.1. The van der Waals surface area contributed by atoms with Gasteiger partial charge in [0, 0.05) is 12.6 Å². The van der Waals surface area contributed by atoms with Crippen molar-refractivity contribution in [2.24, 2.45) is 21.9 Å². The smallest absolute Gasteiger partial charge is 0.365 e. The van der Waals surface area contributed by atoms with Gasteiger partial charge in [-0.1, -0.05) is 46.4 Å². The van der Waals surface area contributed by atoms with Crippen LogP contribution in [0.4, 0.5) is 19.0 Å². The minimum absolute atomic E-state index is 0.0549. The van der Waals surface area contributed by atoms with Gasteiger partial charge in [-0.25, -0.2) is 15.8 Å². The largest absolute Gasteiger partial charge is 0.452 e. The second-order valence-corrected chi connectivity index (χ2v) is 8.04. The van der Waals surface area contributed by atoms with E-state index in [9.17, 15) is 18.3 Å². The molecule has 0 saturated carbocycles. The fourth-order valence-corrected chi connectivity index (χ4v) is 2.91. The summed E-state index contributed by atoms with van der Waals surface area (Å²) in [5.74, 6) is 8.51. The van der Waals surface area contributed by atoms with Crippen molar-refractivity contribution in [1.29, 1.82) is 0 Å². The Morgan fingerprint density at radius 1 is 1.41 bits per heavy atom. The Bertz CT molecular complexity index is 770. The zero-order valence-electron chi connectivity index (χ0n) is 13.1. The Labute approximate surface area is 171 Å². The van der Waals surface area contributed by atoms with E-state index >= 15 is 0 Å². The fourth-order valence-electron chi connectivity index (χ4n) is 2.26. The highest BCUT2D eigenvalue weighted by molar-refractivity contribution is 6.68. The molecule has 2 heterocycles. The van der Waals surface area contributed by atoms with E-state index in [1.54, 1.807) is 0 Å². The highest BCUT2D eigenvalue weighted by Crippen LogP contribution is 2.48. The van der Waals surface area contributed by atoms with Crippen molar-refractivity contribution < 1.29 is 18.3 Å². The molecule has 1 unspecified atom stereocenters. The number of rotatable bonds is 3. The van der Waals surface area contributed by atoms with Gasteiger partial charge in [-0.3, -0.25) is 5.01 Å². The minimum Gasteiger partial charge on any atom is -0.365 e. The van der Waals surface area contributed by atoms with Gasteiger partial charge in [0.05, 0.1) is 17.3 Å². The summed E-state index contributed by atoms with van der Waals surface area (Å²) in [5.41, 5.74) is -2.36. The van der Waals surface area contributed by atoms with E-state index in [2.05, 4.69) is 15.2 Å². The predicted molar refractivity (Wildman–Crippen MR) is 97.6 cm³/mol. The van der Waals surface area contributed by atoms with Crippen LogP contribution in [0.5, 0.6) is 0 Å². The summed E-state index contributed by atoms with van der Waals surface area (Å²) in [7, 11) is 0. The lowest BCUT2D eigenvalue weighted by Crippen LogP contribution is -2.54. The van der Waals surface area contributed by atoms with Gasteiger partial charge in [0.1, 0.15) is 0 Å². The number of hydrazine groups is 1. The molecule has 27 heavy (non-hydrogen) atoms. The fraction of sp³-hybridized carbons (Fsp3) is 0.417. The minimum atomic E-state index is -4.90. The Kier molecular flexibility index (Phi) is 6.24.